The number of thiazole rings is 1. The Morgan fingerprint density at radius 2 is 2.50 bits per heavy atom. The summed E-state index contributed by atoms with van der Waals surface area (Å²) in [6.45, 7) is 0. The number of aromatic nitrogens is 2. The lowest BCUT2D eigenvalue weighted by molar-refractivity contribution is 0.425. The van der Waals surface area contributed by atoms with E-state index in [2.05, 4.69) is 10.1 Å². The molecule has 0 atom stereocenters. The van der Waals surface area contributed by atoms with E-state index in [9.17, 15) is 0 Å². The predicted octanol–water partition coefficient (Wildman–Crippen LogP) is 2.54. The molecule has 3 nitrogen and oxygen atoms in total. The largest absolute Gasteiger partial charge is 0.354 e. The zero-order chi connectivity index (χ0) is 8.39. The summed E-state index contributed by atoms with van der Waals surface area (Å²) in [4.78, 5) is 4.08. The highest BCUT2D eigenvalue weighted by Crippen LogP contribution is 2.20. The maximum atomic E-state index is 5.56. The Morgan fingerprint density at radius 3 is 3.08 bits per heavy atom. The Hall–Kier alpha value is -0.870. The van der Waals surface area contributed by atoms with Crippen molar-refractivity contribution in [2.75, 3.05) is 0 Å². The zero-order valence-corrected chi connectivity index (χ0v) is 7.60. The summed E-state index contributed by atoms with van der Waals surface area (Å²) in [5.41, 5.74) is 3.29. The highest BCUT2D eigenvalue weighted by molar-refractivity contribution is 7.07. The Kier molecular flexibility index (Phi) is 2.10. The maximum Gasteiger partial charge on any atom is 0.186 e. The van der Waals surface area contributed by atoms with Gasteiger partial charge in [0.2, 0.25) is 0 Å². The molecule has 0 spiro atoms. The van der Waals surface area contributed by atoms with Gasteiger partial charge in [-0.05, 0) is 0 Å². The van der Waals surface area contributed by atoms with Gasteiger partial charge in [-0.25, -0.2) is 4.98 Å². The summed E-state index contributed by atoms with van der Waals surface area (Å²) in [5.74, 6) is 1.04. The predicted molar refractivity (Wildman–Crippen MR) is 47.2 cm³/mol. The van der Waals surface area contributed by atoms with Gasteiger partial charge >= 0.3 is 0 Å². The Morgan fingerprint density at radius 1 is 1.58 bits per heavy atom. The van der Waals surface area contributed by atoms with Gasteiger partial charge in [-0.15, -0.1) is 22.9 Å². The first-order chi connectivity index (χ1) is 5.90. The third-order valence-electron chi connectivity index (χ3n) is 1.38. The van der Waals surface area contributed by atoms with E-state index in [1.807, 2.05) is 5.38 Å². The van der Waals surface area contributed by atoms with E-state index < -0.39 is 0 Å². The van der Waals surface area contributed by atoms with Crippen LogP contribution in [0.1, 0.15) is 5.69 Å². The van der Waals surface area contributed by atoms with Gasteiger partial charge in [-0.3, -0.25) is 0 Å². The lowest BCUT2D eigenvalue weighted by atomic mass is 10.3. The Labute approximate surface area is 78.0 Å². The van der Waals surface area contributed by atoms with Crippen LogP contribution in [0.4, 0.5) is 0 Å². The molecule has 2 aromatic rings. The van der Waals surface area contributed by atoms with E-state index in [0.29, 0.717) is 11.6 Å². The van der Waals surface area contributed by atoms with Crippen LogP contribution in [0.25, 0.3) is 11.5 Å². The number of halogens is 1. The molecular weight excluding hydrogens is 196 g/mol. The van der Waals surface area contributed by atoms with Gasteiger partial charge in [-0.2, -0.15) is 0 Å². The van der Waals surface area contributed by atoms with Crippen molar-refractivity contribution in [2.24, 2.45) is 0 Å². The summed E-state index contributed by atoms with van der Waals surface area (Å²) in [6, 6.07) is 1.79. The topological polar surface area (TPSA) is 38.9 Å². The third kappa shape index (κ3) is 1.35. The van der Waals surface area contributed by atoms with Crippen LogP contribution in [0.5, 0.6) is 0 Å². The molecule has 0 bridgehead atoms. The van der Waals surface area contributed by atoms with Crippen molar-refractivity contribution in [3.63, 3.8) is 0 Å². The molecule has 0 saturated carbocycles. The molecule has 2 aromatic heterocycles. The zero-order valence-electron chi connectivity index (χ0n) is 6.03. The molecule has 5 heteroatoms. The number of nitrogens with zero attached hydrogens (tertiary/aromatic N) is 2. The first-order valence-electron chi connectivity index (χ1n) is 3.30. The molecule has 12 heavy (non-hydrogen) atoms. The van der Waals surface area contributed by atoms with Gasteiger partial charge in [0.1, 0.15) is 5.69 Å². The fourth-order valence-corrected chi connectivity index (χ4v) is 1.50. The second-order valence-corrected chi connectivity index (χ2v) is 3.18. The fourth-order valence-electron chi connectivity index (χ4n) is 0.830. The van der Waals surface area contributed by atoms with Crippen LogP contribution in [0, 0.1) is 0 Å². The minimum absolute atomic E-state index is 0.369. The number of rotatable bonds is 2. The van der Waals surface area contributed by atoms with E-state index in [1.165, 1.54) is 11.3 Å². The van der Waals surface area contributed by atoms with Crippen LogP contribution >= 0.6 is 22.9 Å². The van der Waals surface area contributed by atoms with Gasteiger partial charge < -0.3 is 4.52 Å². The first kappa shape index (κ1) is 7.76. The molecule has 0 saturated heterocycles. The van der Waals surface area contributed by atoms with Crippen molar-refractivity contribution in [1.82, 2.24) is 10.1 Å². The average Bonchev–Trinajstić information content (AvgIpc) is 2.75. The van der Waals surface area contributed by atoms with E-state index in [0.717, 1.165) is 11.4 Å². The molecule has 0 aromatic carbocycles. The van der Waals surface area contributed by atoms with Crippen molar-refractivity contribution < 1.29 is 4.52 Å². The summed E-state index contributed by atoms with van der Waals surface area (Å²) < 4.78 is 5.01. The minimum atomic E-state index is 0.369. The molecule has 0 amide bonds. The monoisotopic (exact) mass is 200 g/mol. The molecule has 0 N–H and O–H groups in total. The molecule has 0 radical (unpaired) electrons. The lowest BCUT2D eigenvalue weighted by Gasteiger charge is -1.81. The molecule has 0 aliphatic carbocycles. The minimum Gasteiger partial charge on any atom is -0.354 e. The highest BCUT2D eigenvalue weighted by Gasteiger charge is 2.06. The van der Waals surface area contributed by atoms with Crippen LogP contribution in [-0.4, -0.2) is 10.1 Å². The van der Waals surface area contributed by atoms with Gasteiger partial charge in [0.15, 0.2) is 5.76 Å². The van der Waals surface area contributed by atoms with E-state index in [4.69, 9.17) is 16.1 Å². The highest BCUT2D eigenvalue weighted by atomic mass is 35.5. The summed E-state index contributed by atoms with van der Waals surface area (Å²) in [6.07, 6.45) is 0. The van der Waals surface area contributed by atoms with Crippen LogP contribution < -0.4 is 0 Å². The Bertz CT molecular complexity index is 357. The number of alkyl halides is 1. The van der Waals surface area contributed by atoms with Crippen molar-refractivity contribution in [3.05, 3.63) is 22.7 Å². The quantitative estimate of drug-likeness (QED) is 0.700. The molecule has 2 rings (SSSR count). The first-order valence-corrected chi connectivity index (χ1v) is 4.78. The second-order valence-electron chi connectivity index (χ2n) is 2.19. The third-order valence-corrected chi connectivity index (χ3v) is 2.24. The van der Waals surface area contributed by atoms with E-state index in [-0.39, 0.29) is 0 Å². The number of hydrogen-bond donors (Lipinski definition) is 0. The summed E-state index contributed by atoms with van der Waals surface area (Å²) in [7, 11) is 0. The lowest BCUT2D eigenvalue weighted by Crippen LogP contribution is -1.71. The second kappa shape index (κ2) is 3.25. The maximum absolute atomic E-state index is 5.56. The van der Waals surface area contributed by atoms with Crippen LogP contribution in [0.2, 0.25) is 0 Å². The van der Waals surface area contributed by atoms with Crippen molar-refractivity contribution in [1.29, 1.82) is 0 Å². The van der Waals surface area contributed by atoms with Crippen molar-refractivity contribution in [3.8, 4) is 11.5 Å². The fraction of sp³-hybridized carbons (Fsp3) is 0.143. The molecular formula is C7H5ClN2OS. The summed E-state index contributed by atoms with van der Waals surface area (Å²) in [5, 5.41) is 5.65. The van der Waals surface area contributed by atoms with Crippen LogP contribution in [-0.2, 0) is 5.88 Å². The molecule has 0 unspecified atom stereocenters. The van der Waals surface area contributed by atoms with E-state index in [1.54, 1.807) is 11.6 Å². The van der Waals surface area contributed by atoms with E-state index >= 15 is 0 Å². The van der Waals surface area contributed by atoms with Gasteiger partial charge in [-0.1, -0.05) is 5.16 Å². The smallest absolute Gasteiger partial charge is 0.186 e. The van der Waals surface area contributed by atoms with Crippen molar-refractivity contribution >= 4 is 22.9 Å². The molecule has 62 valence electrons. The average molecular weight is 201 g/mol. The molecule has 0 fully saturated rings. The van der Waals surface area contributed by atoms with Crippen LogP contribution in [0.3, 0.4) is 0 Å². The SMILES string of the molecule is ClCc1cc(-c2cscn2)on1. The standard InChI is InChI=1S/C7H5ClN2OS/c8-2-5-1-7(11-10-5)6-3-12-4-9-6/h1,3-4H,2H2. The van der Waals surface area contributed by atoms with Crippen LogP contribution in [0.15, 0.2) is 21.5 Å². The van der Waals surface area contributed by atoms with Crippen molar-refractivity contribution in [2.45, 2.75) is 5.88 Å². The molecule has 2 heterocycles. The van der Waals surface area contributed by atoms with Gasteiger partial charge in [0, 0.05) is 11.4 Å². The Balaban J connectivity index is 2.35. The van der Waals surface area contributed by atoms with Gasteiger partial charge in [0.05, 0.1) is 17.1 Å². The normalized spacial score (nSPS) is 10.4. The number of hydrogen-bond acceptors (Lipinski definition) is 4. The van der Waals surface area contributed by atoms with Gasteiger partial charge in [0.25, 0.3) is 0 Å². The molecule has 0 aliphatic rings. The summed E-state index contributed by atoms with van der Waals surface area (Å²) >= 11 is 7.08. The molecule has 0 aliphatic heterocycles.